The Balaban J connectivity index is 2.17. The highest BCUT2D eigenvalue weighted by Gasteiger charge is 2.29. The molecule has 5 nitrogen and oxygen atoms in total. The van der Waals surface area contributed by atoms with Crippen LogP contribution in [0.25, 0.3) is 0 Å². The third-order valence-electron chi connectivity index (χ3n) is 2.87. The molecule has 0 saturated carbocycles. The Labute approximate surface area is 113 Å². The van der Waals surface area contributed by atoms with Crippen molar-refractivity contribution in [1.29, 1.82) is 0 Å². The number of amides is 1. The molecule has 2 rings (SSSR count). The molecule has 0 radical (unpaired) electrons. The number of carboxylic acid groups (broad SMARTS) is 1. The van der Waals surface area contributed by atoms with Crippen molar-refractivity contribution in [2.45, 2.75) is 12.5 Å². The van der Waals surface area contributed by atoms with E-state index in [1.165, 1.54) is 17.2 Å². The fourth-order valence-electron chi connectivity index (χ4n) is 1.99. The van der Waals surface area contributed by atoms with Crippen LogP contribution in [0.2, 0.25) is 0 Å². The highest BCUT2D eigenvalue weighted by molar-refractivity contribution is 7.99. The van der Waals surface area contributed by atoms with Crippen molar-refractivity contribution in [3.05, 3.63) is 29.8 Å². The molecule has 1 fully saturated rings. The maximum atomic E-state index is 13.0. The van der Waals surface area contributed by atoms with Gasteiger partial charge in [0.15, 0.2) is 0 Å². The number of thioether (sulfide) groups is 1. The summed E-state index contributed by atoms with van der Waals surface area (Å²) in [5.41, 5.74) is 0.204. The number of carbonyl (C=O) groups excluding carboxylic acids is 1. The van der Waals surface area contributed by atoms with Gasteiger partial charge in [-0.15, -0.1) is 0 Å². The minimum Gasteiger partial charge on any atom is -0.481 e. The molecule has 0 bridgehead atoms. The molecule has 1 N–H and O–H groups in total. The van der Waals surface area contributed by atoms with Gasteiger partial charge in [-0.2, -0.15) is 16.2 Å². The second kappa shape index (κ2) is 6.01. The number of pyridine rings is 1. The minimum absolute atomic E-state index is 0.0910. The van der Waals surface area contributed by atoms with Crippen LogP contribution in [0.1, 0.15) is 16.8 Å². The normalized spacial score (nSPS) is 19.2. The van der Waals surface area contributed by atoms with Crippen molar-refractivity contribution < 1.29 is 19.1 Å². The molecule has 1 amide bonds. The van der Waals surface area contributed by atoms with Gasteiger partial charge in [0, 0.05) is 35.9 Å². The molecule has 7 heteroatoms. The van der Waals surface area contributed by atoms with E-state index in [0.29, 0.717) is 12.3 Å². The Hall–Kier alpha value is -1.63. The van der Waals surface area contributed by atoms with Crippen LogP contribution >= 0.6 is 11.8 Å². The van der Waals surface area contributed by atoms with Gasteiger partial charge >= 0.3 is 5.97 Å². The van der Waals surface area contributed by atoms with Crippen LogP contribution in [0.5, 0.6) is 0 Å². The zero-order chi connectivity index (χ0) is 13.8. The molecule has 0 aliphatic carbocycles. The van der Waals surface area contributed by atoms with Gasteiger partial charge in [0.2, 0.25) is 5.95 Å². The molecule has 0 aromatic carbocycles. The van der Waals surface area contributed by atoms with Crippen LogP contribution in [0.3, 0.4) is 0 Å². The SMILES string of the molecule is O=C(O)CC1CSCCN1C(=O)c1ccnc(F)c1. The highest BCUT2D eigenvalue weighted by atomic mass is 32.2. The van der Waals surface area contributed by atoms with Crippen molar-refractivity contribution in [2.24, 2.45) is 0 Å². The van der Waals surface area contributed by atoms with Crippen molar-refractivity contribution in [1.82, 2.24) is 9.88 Å². The summed E-state index contributed by atoms with van der Waals surface area (Å²) in [6.45, 7) is 0.478. The molecular weight excluding hydrogens is 271 g/mol. The first kappa shape index (κ1) is 13.8. The van der Waals surface area contributed by atoms with Gasteiger partial charge in [0.1, 0.15) is 0 Å². The van der Waals surface area contributed by atoms with Gasteiger partial charge in [-0.05, 0) is 6.07 Å². The lowest BCUT2D eigenvalue weighted by atomic mass is 10.1. The topological polar surface area (TPSA) is 70.5 Å². The van der Waals surface area contributed by atoms with E-state index in [1.807, 2.05) is 0 Å². The molecule has 1 aromatic rings. The Morgan fingerprint density at radius 2 is 2.37 bits per heavy atom. The average molecular weight is 284 g/mol. The predicted molar refractivity (Wildman–Crippen MR) is 68.6 cm³/mol. The quantitative estimate of drug-likeness (QED) is 0.846. The third-order valence-corrected chi connectivity index (χ3v) is 3.96. The van der Waals surface area contributed by atoms with E-state index in [-0.39, 0.29) is 23.9 Å². The molecule has 1 aliphatic heterocycles. The lowest BCUT2D eigenvalue weighted by Crippen LogP contribution is -2.47. The standard InChI is InChI=1S/C12H13FN2O3S/c13-10-5-8(1-2-14-10)12(18)15-3-4-19-7-9(15)6-11(16)17/h1-2,5,9H,3-4,6-7H2,(H,16,17). The number of carboxylic acids is 1. The van der Waals surface area contributed by atoms with Crippen LogP contribution in [-0.4, -0.2) is 51.0 Å². The first-order chi connectivity index (χ1) is 9.08. The van der Waals surface area contributed by atoms with Gasteiger partial charge in [0.05, 0.1) is 12.5 Å². The lowest BCUT2D eigenvalue weighted by Gasteiger charge is -2.34. The number of carbonyl (C=O) groups is 2. The van der Waals surface area contributed by atoms with E-state index in [0.717, 1.165) is 11.8 Å². The first-order valence-corrected chi connectivity index (χ1v) is 6.95. The van der Waals surface area contributed by atoms with Crippen molar-refractivity contribution >= 4 is 23.6 Å². The summed E-state index contributed by atoms with van der Waals surface area (Å²) in [5.74, 6) is -0.646. The summed E-state index contributed by atoms with van der Waals surface area (Å²) in [6.07, 6.45) is 1.14. The summed E-state index contributed by atoms with van der Waals surface area (Å²) < 4.78 is 13.0. The number of aromatic nitrogens is 1. The van der Waals surface area contributed by atoms with Gasteiger partial charge < -0.3 is 10.0 Å². The highest BCUT2D eigenvalue weighted by Crippen LogP contribution is 2.21. The van der Waals surface area contributed by atoms with Gasteiger partial charge in [0.25, 0.3) is 5.91 Å². The van der Waals surface area contributed by atoms with Crippen molar-refractivity contribution in [2.75, 3.05) is 18.1 Å². The molecule has 1 aliphatic rings. The molecule has 2 heterocycles. The van der Waals surface area contributed by atoms with Crippen LogP contribution < -0.4 is 0 Å². The molecular formula is C12H13FN2O3S. The Morgan fingerprint density at radius 1 is 1.58 bits per heavy atom. The largest absolute Gasteiger partial charge is 0.481 e. The third kappa shape index (κ3) is 3.44. The van der Waals surface area contributed by atoms with Gasteiger partial charge in [-0.3, -0.25) is 9.59 Å². The number of aliphatic carboxylic acids is 1. The fraction of sp³-hybridized carbons (Fsp3) is 0.417. The van der Waals surface area contributed by atoms with Crippen molar-refractivity contribution in [3.63, 3.8) is 0 Å². The number of rotatable bonds is 3. The van der Waals surface area contributed by atoms with Gasteiger partial charge in [-0.25, -0.2) is 4.98 Å². The molecule has 19 heavy (non-hydrogen) atoms. The number of hydrogen-bond acceptors (Lipinski definition) is 4. The zero-order valence-corrected chi connectivity index (χ0v) is 10.9. The predicted octanol–water partition coefficient (Wildman–Crippen LogP) is 1.25. The maximum Gasteiger partial charge on any atom is 0.305 e. The minimum atomic E-state index is -0.939. The van der Waals surface area contributed by atoms with E-state index < -0.39 is 11.9 Å². The molecule has 102 valence electrons. The van der Waals surface area contributed by atoms with Gasteiger partial charge in [-0.1, -0.05) is 0 Å². The van der Waals surface area contributed by atoms with E-state index in [4.69, 9.17) is 5.11 Å². The van der Waals surface area contributed by atoms with Crippen LogP contribution in [0.15, 0.2) is 18.3 Å². The Morgan fingerprint density at radius 3 is 3.05 bits per heavy atom. The summed E-state index contributed by atoms with van der Waals surface area (Å²) in [5, 5.41) is 8.86. The second-order valence-corrected chi connectivity index (χ2v) is 5.34. The van der Waals surface area contributed by atoms with Crippen LogP contribution in [0.4, 0.5) is 4.39 Å². The number of nitrogens with zero attached hydrogens (tertiary/aromatic N) is 2. The first-order valence-electron chi connectivity index (χ1n) is 5.80. The molecule has 1 aromatic heterocycles. The summed E-state index contributed by atoms with van der Waals surface area (Å²) in [4.78, 5) is 28.0. The molecule has 1 atom stereocenters. The molecule has 1 saturated heterocycles. The smallest absolute Gasteiger partial charge is 0.305 e. The van der Waals surface area contributed by atoms with E-state index in [9.17, 15) is 14.0 Å². The second-order valence-electron chi connectivity index (χ2n) is 4.19. The van der Waals surface area contributed by atoms with E-state index >= 15 is 0 Å². The van der Waals surface area contributed by atoms with Crippen LogP contribution in [0, 0.1) is 5.95 Å². The Bertz CT molecular complexity index is 498. The summed E-state index contributed by atoms with van der Waals surface area (Å²) >= 11 is 1.62. The van der Waals surface area contributed by atoms with Crippen molar-refractivity contribution in [3.8, 4) is 0 Å². The lowest BCUT2D eigenvalue weighted by molar-refractivity contribution is -0.138. The monoisotopic (exact) mass is 284 g/mol. The molecule has 0 spiro atoms. The molecule has 1 unspecified atom stereocenters. The van der Waals surface area contributed by atoms with E-state index in [1.54, 1.807) is 11.8 Å². The maximum absolute atomic E-state index is 13.0. The number of hydrogen-bond donors (Lipinski definition) is 1. The fourth-order valence-corrected chi connectivity index (χ4v) is 3.06. The summed E-state index contributed by atoms with van der Waals surface area (Å²) in [6, 6.07) is 2.16. The van der Waals surface area contributed by atoms with Crippen LogP contribution in [-0.2, 0) is 4.79 Å². The average Bonchev–Trinajstić information content (AvgIpc) is 2.38. The van der Waals surface area contributed by atoms with E-state index in [2.05, 4.69) is 4.98 Å². The zero-order valence-electron chi connectivity index (χ0n) is 10.1. The summed E-state index contributed by atoms with van der Waals surface area (Å²) in [7, 11) is 0. The Kier molecular flexibility index (Phi) is 4.36. The number of halogens is 1.